The highest BCUT2D eigenvalue weighted by molar-refractivity contribution is 5.96. The minimum atomic E-state index is -0.985. The Morgan fingerprint density at radius 2 is 1.96 bits per heavy atom. The molecule has 1 fully saturated rings. The number of ether oxygens (including phenoxy) is 1. The Balaban J connectivity index is 1.88. The average Bonchev–Trinajstić information content (AvgIpc) is 3.07. The number of carbonyl (C=O) groups excluding carboxylic acids is 1. The van der Waals surface area contributed by atoms with Gasteiger partial charge in [0, 0.05) is 24.6 Å². The summed E-state index contributed by atoms with van der Waals surface area (Å²) in [6.45, 7) is 2.15. The van der Waals surface area contributed by atoms with Gasteiger partial charge in [0.05, 0.1) is 13.0 Å². The summed E-state index contributed by atoms with van der Waals surface area (Å²) >= 11 is 0. The highest BCUT2D eigenvalue weighted by atomic mass is 19.1. The minimum Gasteiger partial charge on any atom is -0.497 e. The summed E-state index contributed by atoms with van der Waals surface area (Å²) in [5, 5.41) is 9.56. The number of hydrogen-bond donors (Lipinski definition) is 1. The first-order chi connectivity index (χ1) is 12.4. The zero-order valence-corrected chi connectivity index (χ0v) is 14.6. The van der Waals surface area contributed by atoms with Gasteiger partial charge in [0.25, 0.3) is 5.91 Å². The van der Waals surface area contributed by atoms with Gasteiger partial charge in [-0.3, -0.25) is 9.59 Å². The number of aryl methyl sites for hydroxylation is 1. The number of rotatable bonds is 4. The van der Waals surface area contributed by atoms with Crippen LogP contribution in [0.25, 0.3) is 0 Å². The molecule has 1 aliphatic rings. The molecular weight excluding hydrogens is 337 g/mol. The van der Waals surface area contributed by atoms with E-state index in [9.17, 15) is 19.1 Å². The van der Waals surface area contributed by atoms with Gasteiger partial charge in [-0.1, -0.05) is 12.1 Å². The van der Waals surface area contributed by atoms with Gasteiger partial charge in [-0.15, -0.1) is 0 Å². The molecule has 0 aromatic heterocycles. The maximum absolute atomic E-state index is 13.6. The molecule has 2 aromatic carbocycles. The lowest BCUT2D eigenvalue weighted by Crippen LogP contribution is -2.30. The van der Waals surface area contributed by atoms with Crippen molar-refractivity contribution < 1.29 is 23.8 Å². The number of carbonyl (C=O) groups is 2. The van der Waals surface area contributed by atoms with Crippen LogP contribution in [0.1, 0.15) is 27.4 Å². The first kappa shape index (κ1) is 17.9. The van der Waals surface area contributed by atoms with Gasteiger partial charge in [0.1, 0.15) is 11.6 Å². The second-order valence-electron chi connectivity index (χ2n) is 6.50. The van der Waals surface area contributed by atoms with Crippen molar-refractivity contribution in [2.24, 2.45) is 5.92 Å². The lowest BCUT2D eigenvalue weighted by Gasteiger charge is -2.18. The lowest BCUT2D eigenvalue weighted by atomic mass is 9.89. The van der Waals surface area contributed by atoms with Crippen LogP contribution in [0.5, 0.6) is 5.75 Å². The largest absolute Gasteiger partial charge is 0.497 e. The molecular formula is C20H20FNO4. The Morgan fingerprint density at radius 3 is 2.58 bits per heavy atom. The predicted octanol–water partition coefficient (Wildman–Crippen LogP) is 3.08. The molecule has 3 rings (SSSR count). The van der Waals surface area contributed by atoms with E-state index in [2.05, 4.69) is 0 Å². The van der Waals surface area contributed by atoms with E-state index >= 15 is 0 Å². The molecule has 2 aromatic rings. The van der Waals surface area contributed by atoms with Crippen LogP contribution in [-0.2, 0) is 4.79 Å². The average molecular weight is 357 g/mol. The molecule has 2 atom stereocenters. The number of nitrogens with zero attached hydrogens (tertiary/aromatic N) is 1. The first-order valence-corrected chi connectivity index (χ1v) is 8.33. The number of hydrogen-bond acceptors (Lipinski definition) is 3. The third-order valence-corrected chi connectivity index (χ3v) is 4.87. The summed E-state index contributed by atoms with van der Waals surface area (Å²) in [7, 11) is 1.55. The molecule has 1 heterocycles. The van der Waals surface area contributed by atoms with E-state index in [0.717, 1.165) is 5.56 Å². The number of benzene rings is 2. The molecule has 0 unspecified atom stereocenters. The van der Waals surface area contributed by atoms with Crippen LogP contribution in [0.4, 0.5) is 4.39 Å². The van der Waals surface area contributed by atoms with E-state index in [0.29, 0.717) is 16.9 Å². The molecule has 26 heavy (non-hydrogen) atoms. The van der Waals surface area contributed by atoms with E-state index in [4.69, 9.17) is 4.74 Å². The van der Waals surface area contributed by atoms with Gasteiger partial charge < -0.3 is 14.7 Å². The Kier molecular flexibility index (Phi) is 4.93. The van der Waals surface area contributed by atoms with Gasteiger partial charge >= 0.3 is 5.97 Å². The van der Waals surface area contributed by atoms with Gasteiger partial charge in [0.15, 0.2) is 0 Å². The summed E-state index contributed by atoms with van der Waals surface area (Å²) in [4.78, 5) is 26.1. The van der Waals surface area contributed by atoms with E-state index in [1.165, 1.54) is 17.0 Å². The van der Waals surface area contributed by atoms with Crippen LogP contribution in [0, 0.1) is 18.7 Å². The number of likely N-dealkylation sites (tertiary alicyclic amines) is 1. The van der Waals surface area contributed by atoms with E-state index in [1.807, 2.05) is 6.92 Å². The first-order valence-electron chi connectivity index (χ1n) is 8.33. The van der Waals surface area contributed by atoms with E-state index < -0.39 is 23.6 Å². The number of amides is 1. The SMILES string of the molecule is COc1ccc(C(=O)N2C[C@H](C(=O)O)[C@@H](c3cccc(F)c3)C2)c(C)c1. The molecule has 136 valence electrons. The summed E-state index contributed by atoms with van der Waals surface area (Å²) in [5.74, 6) is -2.18. The van der Waals surface area contributed by atoms with Crippen LogP contribution >= 0.6 is 0 Å². The third kappa shape index (κ3) is 3.40. The minimum absolute atomic E-state index is 0.0980. The number of methoxy groups -OCH3 is 1. The fraction of sp³-hybridized carbons (Fsp3) is 0.300. The van der Waals surface area contributed by atoms with Crippen molar-refractivity contribution in [3.63, 3.8) is 0 Å². The van der Waals surface area contributed by atoms with Crippen LogP contribution in [0.15, 0.2) is 42.5 Å². The normalized spacial score (nSPS) is 19.4. The number of carboxylic acid groups (broad SMARTS) is 1. The zero-order valence-electron chi connectivity index (χ0n) is 14.6. The van der Waals surface area contributed by atoms with Gasteiger partial charge in [-0.2, -0.15) is 0 Å². The van der Waals surface area contributed by atoms with Gasteiger partial charge in [-0.05, 0) is 48.4 Å². The van der Waals surface area contributed by atoms with Crippen molar-refractivity contribution in [1.29, 1.82) is 0 Å². The predicted molar refractivity (Wildman–Crippen MR) is 93.9 cm³/mol. The van der Waals surface area contributed by atoms with Crippen molar-refractivity contribution in [1.82, 2.24) is 4.90 Å². The molecule has 0 saturated carbocycles. The molecule has 6 heteroatoms. The van der Waals surface area contributed by atoms with Crippen LogP contribution in [0.3, 0.4) is 0 Å². The number of aliphatic carboxylic acids is 1. The lowest BCUT2D eigenvalue weighted by molar-refractivity contribution is -0.141. The topological polar surface area (TPSA) is 66.8 Å². The highest BCUT2D eigenvalue weighted by Crippen LogP contribution is 2.34. The molecule has 1 aliphatic heterocycles. The molecule has 0 aliphatic carbocycles. The van der Waals surface area contributed by atoms with E-state index in [-0.39, 0.29) is 19.0 Å². The van der Waals surface area contributed by atoms with Gasteiger partial charge in [0.2, 0.25) is 0 Å². The molecule has 1 saturated heterocycles. The molecule has 1 N–H and O–H groups in total. The monoisotopic (exact) mass is 357 g/mol. The smallest absolute Gasteiger partial charge is 0.308 e. The quantitative estimate of drug-likeness (QED) is 0.913. The molecule has 0 bridgehead atoms. The summed E-state index contributed by atoms with van der Waals surface area (Å²) in [6, 6.07) is 11.1. The molecule has 0 radical (unpaired) electrons. The van der Waals surface area contributed by atoms with E-state index in [1.54, 1.807) is 37.4 Å². The highest BCUT2D eigenvalue weighted by Gasteiger charge is 2.41. The zero-order chi connectivity index (χ0) is 18.8. The molecule has 0 spiro atoms. The van der Waals surface area contributed by atoms with Crippen molar-refractivity contribution in [3.05, 3.63) is 65.0 Å². The van der Waals surface area contributed by atoms with Gasteiger partial charge in [-0.25, -0.2) is 4.39 Å². The van der Waals surface area contributed by atoms with Crippen LogP contribution in [0.2, 0.25) is 0 Å². The summed E-state index contributed by atoms with van der Waals surface area (Å²) in [5.41, 5.74) is 1.87. The number of carboxylic acids is 1. The summed E-state index contributed by atoms with van der Waals surface area (Å²) in [6.07, 6.45) is 0. The second kappa shape index (κ2) is 7.15. The van der Waals surface area contributed by atoms with Crippen LogP contribution in [-0.4, -0.2) is 42.1 Å². The van der Waals surface area contributed by atoms with Crippen molar-refractivity contribution in [3.8, 4) is 5.75 Å². The Labute approximate surface area is 151 Å². The van der Waals surface area contributed by atoms with Crippen molar-refractivity contribution >= 4 is 11.9 Å². The van der Waals surface area contributed by atoms with Crippen LogP contribution < -0.4 is 4.74 Å². The standard InChI is InChI=1S/C20H20FNO4/c1-12-8-15(26-2)6-7-16(12)19(23)22-10-17(18(11-22)20(24)25)13-4-3-5-14(21)9-13/h3-9,17-18H,10-11H2,1-2H3,(H,24,25)/t17-,18+/m1/s1. The van der Waals surface area contributed by atoms with Crippen molar-refractivity contribution in [2.45, 2.75) is 12.8 Å². The fourth-order valence-corrected chi connectivity index (χ4v) is 3.47. The maximum atomic E-state index is 13.6. The Bertz CT molecular complexity index is 851. The Morgan fingerprint density at radius 1 is 1.19 bits per heavy atom. The van der Waals surface area contributed by atoms with Crippen molar-refractivity contribution in [2.75, 3.05) is 20.2 Å². The molecule has 5 nitrogen and oxygen atoms in total. The molecule has 1 amide bonds. The third-order valence-electron chi connectivity index (χ3n) is 4.87. The second-order valence-corrected chi connectivity index (χ2v) is 6.50. The number of halogens is 1. The fourth-order valence-electron chi connectivity index (χ4n) is 3.47. The maximum Gasteiger partial charge on any atom is 0.308 e. The summed E-state index contributed by atoms with van der Waals surface area (Å²) < 4.78 is 18.7. The Hall–Kier alpha value is -2.89.